The van der Waals surface area contributed by atoms with Crippen molar-refractivity contribution in [1.82, 2.24) is 5.32 Å². The highest BCUT2D eigenvalue weighted by atomic mass is 35.5. The zero-order chi connectivity index (χ0) is 16.0. The Morgan fingerprint density at radius 2 is 1.83 bits per heavy atom. The van der Waals surface area contributed by atoms with Gasteiger partial charge in [0.1, 0.15) is 5.82 Å². The van der Waals surface area contributed by atoms with Crippen LogP contribution in [-0.4, -0.2) is 25.5 Å². The molecule has 2 heterocycles. The standard InChI is InChI=1S/C15H16F4N2O.ClH/c16-11-7-10(15(17,18)19)1-2-12(11)21-9-14(8-13(21)22)3-5-20-6-4-14;/h1-2,7,20H,3-6,8-9H2;1H. The normalized spacial score (nSPS) is 20.7. The number of hydrogen-bond acceptors (Lipinski definition) is 2. The molecule has 8 heteroatoms. The molecule has 1 aromatic rings. The number of piperidine rings is 1. The molecule has 1 N–H and O–H groups in total. The number of alkyl halides is 3. The van der Waals surface area contributed by atoms with E-state index in [0.717, 1.165) is 38.1 Å². The van der Waals surface area contributed by atoms with E-state index in [1.165, 1.54) is 4.90 Å². The van der Waals surface area contributed by atoms with Crippen LogP contribution in [0.2, 0.25) is 0 Å². The Labute approximate surface area is 137 Å². The number of rotatable bonds is 1. The largest absolute Gasteiger partial charge is 0.416 e. The topological polar surface area (TPSA) is 32.3 Å². The monoisotopic (exact) mass is 352 g/mol. The highest BCUT2D eigenvalue weighted by molar-refractivity contribution is 5.96. The summed E-state index contributed by atoms with van der Waals surface area (Å²) in [6.45, 7) is 1.98. The number of anilines is 1. The minimum atomic E-state index is -4.59. The number of amides is 1. The third kappa shape index (κ3) is 3.45. The van der Waals surface area contributed by atoms with Crippen LogP contribution in [0.1, 0.15) is 24.8 Å². The van der Waals surface area contributed by atoms with E-state index in [-0.39, 0.29) is 29.4 Å². The first kappa shape index (κ1) is 18.0. The van der Waals surface area contributed by atoms with Crippen molar-refractivity contribution < 1.29 is 22.4 Å². The minimum absolute atomic E-state index is 0. The Morgan fingerprint density at radius 1 is 1.17 bits per heavy atom. The molecular formula is C15H17ClF4N2O. The summed E-state index contributed by atoms with van der Waals surface area (Å²) in [7, 11) is 0. The van der Waals surface area contributed by atoms with Crippen LogP contribution in [0.15, 0.2) is 18.2 Å². The molecule has 128 valence electrons. The van der Waals surface area contributed by atoms with Gasteiger partial charge in [-0.25, -0.2) is 4.39 Å². The van der Waals surface area contributed by atoms with Crippen molar-refractivity contribution in [2.24, 2.45) is 5.41 Å². The van der Waals surface area contributed by atoms with Crippen molar-refractivity contribution in [3.63, 3.8) is 0 Å². The predicted molar refractivity (Wildman–Crippen MR) is 80.2 cm³/mol. The van der Waals surface area contributed by atoms with Crippen molar-refractivity contribution in [3.8, 4) is 0 Å². The number of hydrogen-bond donors (Lipinski definition) is 1. The molecule has 0 radical (unpaired) electrons. The second kappa shape index (κ2) is 6.28. The van der Waals surface area contributed by atoms with Gasteiger partial charge in [-0.15, -0.1) is 12.4 Å². The van der Waals surface area contributed by atoms with Gasteiger partial charge in [-0.1, -0.05) is 0 Å². The summed E-state index contributed by atoms with van der Waals surface area (Å²) >= 11 is 0. The van der Waals surface area contributed by atoms with Gasteiger partial charge in [-0.05, 0) is 49.5 Å². The van der Waals surface area contributed by atoms with Crippen molar-refractivity contribution in [1.29, 1.82) is 0 Å². The maximum atomic E-state index is 14.1. The Bertz CT molecular complexity index is 600. The van der Waals surface area contributed by atoms with E-state index < -0.39 is 17.6 Å². The van der Waals surface area contributed by atoms with Crippen LogP contribution >= 0.6 is 12.4 Å². The maximum absolute atomic E-state index is 14.1. The highest BCUT2D eigenvalue weighted by Gasteiger charge is 2.45. The maximum Gasteiger partial charge on any atom is 0.416 e. The van der Waals surface area contributed by atoms with Gasteiger partial charge in [-0.3, -0.25) is 4.79 Å². The molecule has 0 atom stereocenters. The average Bonchev–Trinajstić information content (AvgIpc) is 2.75. The van der Waals surface area contributed by atoms with Crippen LogP contribution < -0.4 is 10.2 Å². The molecule has 1 spiro atoms. The molecule has 0 unspecified atom stereocenters. The molecule has 0 aromatic heterocycles. The number of halogens is 5. The quantitative estimate of drug-likeness (QED) is 0.786. The summed E-state index contributed by atoms with van der Waals surface area (Å²) in [4.78, 5) is 13.5. The van der Waals surface area contributed by atoms with E-state index in [4.69, 9.17) is 0 Å². The van der Waals surface area contributed by atoms with Crippen molar-refractivity contribution in [2.45, 2.75) is 25.4 Å². The summed E-state index contributed by atoms with van der Waals surface area (Å²) in [5.41, 5.74) is -1.29. The lowest BCUT2D eigenvalue weighted by atomic mass is 9.78. The number of carbonyl (C=O) groups excluding carboxylic acids is 1. The number of benzene rings is 1. The van der Waals surface area contributed by atoms with Gasteiger partial charge in [0, 0.05) is 13.0 Å². The Balaban J connectivity index is 0.00000192. The zero-order valence-electron chi connectivity index (χ0n) is 12.3. The molecule has 2 saturated heterocycles. The lowest BCUT2D eigenvalue weighted by molar-refractivity contribution is -0.137. The third-order valence-corrected chi connectivity index (χ3v) is 4.55. The predicted octanol–water partition coefficient (Wildman–Crippen LogP) is 3.37. The van der Waals surface area contributed by atoms with Crippen LogP contribution in [0.4, 0.5) is 23.2 Å². The fraction of sp³-hybridized carbons (Fsp3) is 0.533. The number of carbonyl (C=O) groups is 1. The highest BCUT2D eigenvalue weighted by Crippen LogP contribution is 2.42. The first-order valence-corrected chi connectivity index (χ1v) is 7.19. The molecule has 2 aliphatic heterocycles. The molecule has 3 rings (SSSR count). The van der Waals surface area contributed by atoms with Crippen LogP contribution in [0.25, 0.3) is 0 Å². The first-order valence-electron chi connectivity index (χ1n) is 7.19. The number of nitrogens with one attached hydrogen (secondary N) is 1. The van der Waals surface area contributed by atoms with Gasteiger partial charge in [0.15, 0.2) is 0 Å². The Kier molecular flexibility index (Phi) is 4.92. The van der Waals surface area contributed by atoms with Crippen LogP contribution in [0, 0.1) is 11.2 Å². The Hall–Kier alpha value is -1.34. The minimum Gasteiger partial charge on any atom is -0.317 e. The molecule has 0 saturated carbocycles. The van der Waals surface area contributed by atoms with Crippen LogP contribution in [0.3, 0.4) is 0 Å². The molecule has 0 bridgehead atoms. The Morgan fingerprint density at radius 3 is 2.39 bits per heavy atom. The van der Waals surface area contributed by atoms with Gasteiger partial charge in [0.25, 0.3) is 0 Å². The lowest BCUT2D eigenvalue weighted by Gasteiger charge is -2.33. The van der Waals surface area contributed by atoms with Gasteiger partial charge in [0.2, 0.25) is 5.91 Å². The summed E-state index contributed by atoms with van der Waals surface area (Å²) in [5.74, 6) is -1.23. The first-order chi connectivity index (χ1) is 10.3. The van der Waals surface area contributed by atoms with Gasteiger partial charge < -0.3 is 10.2 Å². The molecule has 1 aromatic carbocycles. The third-order valence-electron chi connectivity index (χ3n) is 4.55. The second-order valence-corrected chi connectivity index (χ2v) is 6.07. The zero-order valence-corrected chi connectivity index (χ0v) is 13.1. The van der Waals surface area contributed by atoms with Crippen molar-refractivity contribution >= 4 is 24.0 Å². The molecule has 0 aliphatic carbocycles. The molecule has 3 nitrogen and oxygen atoms in total. The SMILES string of the molecule is Cl.O=C1CC2(CCNCC2)CN1c1ccc(C(F)(F)F)cc1F. The summed E-state index contributed by atoms with van der Waals surface area (Å²) in [6, 6.07) is 2.32. The van der Waals surface area contributed by atoms with E-state index in [0.29, 0.717) is 19.0 Å². The van der Waals surface area contributed by atoms with E-state index in [1.807, 2.05) is 0 Å². The van der Waals surface area contributed by atoms with Crippen molar-refractivity contribution in [3.05, 3.63) is 29.6 Å². The lowest BCUT2D eigenvalue weighted by Crippen LogP contribution is -2.38. The summed E-state index contributed by atoms with van der Waals surface area (Å²) in [5, 5.41) is 3.21. The van der Waals surface area contributed by atoms with Crippen LogP contribution in [-0.2, 0) is 11.0 Å². The smallest absolute Gasteiger partial charge is 0.317 e. The van der Waals surface area contributed by atoms with E-state index >= 15 is 0 Å². The van der Waals surface area contributed by atoms with Gasteiger partial charge >= 0.3 is 6.18 Å². The van der Waals surface area contributed by atoms with Crippen molar-refractivity contribution in [2.75, 3.05) is 24.5 Å². The molecular weight excluding hydrogens is 336 g/mol. The van der Waals surface area contributed by atoms with Gasteiger partial charge in [-0.2, -0.15) is 13.2 Å². The second-order valence-electron chi connectivity index (χ2n) is 6.07. The van der Waals surface area contributed by atoms with Gasteiger partial charge in [0.05, 0.1) is 11.3 Å². The average molecular weight is 353 g/mol. The van der Waals surface area contributed by atoms with E-state index in [9.17, 15) is 22.4 Å². The fourth-order valence-corrected chi connectivity index (χ4v) is 3.31. The van der Waals surface area contributed by atoms with E-state index in [2.05, 4.69) is 5.32 Å². The molecule has 23 heavy (non-hydrogen) atoms. The molecule has 2 aliphatic rings. The van der Waals surface area contributed by atoms with E-state index in [1.54, 1.807) is 0 Å². The number of nitrogens with zero attached hydrogens (tertiary/aromatic N) is 1. The molecule has 2 fully saturated rings. The van der Waals surface area contributed by atoms with Crippen LogP contribution in [0.5, 0.6) is 0 Å². The fourth-order valence-electron chi connectivity index (χ4n) is 3.31. The summed E-state index contributed by atoms with van der Waals surface area (Å²) in [6.07, 6.45) is -2.63. The molecule has 1 amide bonds. The summed E-state index contributed by atoms with van der Waals surface area (Å²) < 4.78 is 51.8.